The van der Waals surface area contributed by atoms with Crippen molar-refractivity contribution in [3.05, 3.63) is 124 Å². The molecule has 4 rings (SSSR count). The Hall–Kier alpha value is -4.72. The molecule has 0 saturated carbocycles. The maximum atomic E-state index is 10.1. The van der Waals surface area contributed by atoms with Crippen LogP contribution in [0.2, 0.25) is 0 Å². The summed E-state index contributed by atoms with van der Waals surface area (Å²) in [5.41, 5.74) is 6.35. The summed E-state index contributed by atoms with van der Waals surface area (Å²) < 4.78 is 0. The van der Waals surface area contributed by atoms with E-state index < -0.39 is 5.41 Å². The van der Waals surface area contributed by atoms with Gasteiger partial charge in [-0.3, -0.25) is 0 Å². The standard InChI is InChI=1S/C31H31O3.Cf/c1-20-18-25(12-16-28(20)33)31(5,26-13-17-29(34)21(2)19-26)24-8-6-22(7-9-24)30(3,4)23-10-14-27(32)15-11-23;/h6-14,16-19,32-34H,1-5H3;/q-1;. The number of hydrogen-bond donors (Lipinski definition) is 3. The predicted octanol–water partition coefficient (Wildman–Crippen LogP) is 6.90. The van der Waals surface area contributed by atoms with Crippen LogP contribution >= 0.6 is 0 Å². The van der Waals surface area contributed by atoms with E-state index in [9.17, 15) is 15.3 Å². The van der Waals surface area contributed by atoms with Crippen molar-refractivity contribution in [3.8, 4) is 17.2 Å². The van der Waals surface area contributed by atoms with Gasteiger partial charge in [0.2, 0.25) is 0 Å². The van der Waals surface area contributed by atoms with Crippen molar-refractivity contribution in [2.75, 3.05) is 0 Å². The molecule has 0 aliphatic rings. The molecule has 0 spiro atoms. The first kappa shape index (κ1) is 24.9. The van der Waals surface area contributed by atoms with Crippen molar-refractivity contribution in [1.82, 2.24) is 0 Å². The third-order valence-corrected chi connectivity index (χ3v) is 7.25. The monoisotopic (exact) mass is 700 g/mol. The molecule has 3 N–H and O–H groups in total. The number of rotatable bonds is 5. The first-order chi connectivity index (χ1) is 16.0. The van der Waals surface area contributed by atoms with E-state index in [4.69, 9.17) is 0 Å². The Morgan fingerprint density at radius 2 is 1.00 bits per heavy atom. The second kappa shape index (κ2) is 8.90. The average molecular weight is 703 g/mol. The largest absolute Gasteiger partial charge is 0.534 e. The number of benzene rings is 4. The number of phenolic OH excluding ortho intramolecular Hbond substituents is 3. The van der Waals surface area contributed by atoms with Crippen molar-refractivity contribution < 1.29 is 15.3 Å². The minimum Gasteiger partial charge on any atom is -0.534 e. The molecule has 0 radical (unpaired) electrons. The Labute approximate surface area is 202 Å². The average Bonchev–Trinajstić information content (AvgIpc) is 2.82. The molecule has 0 fully saturated rings. The van der Waals surface area contributed by atoms with E-state index in [1.165, 1.54) is 0 Å². The normalized spacial score (nSPS) is 11.7. The van der Waals surface area contributed by atoms with Crippen molar-refractivity contribution in [1.29, 1.82) is 0 Å². The molecule has 0 bridgehead atoms. The number of aryl methyl sites for hydroxylation is 2. The van der Waals surface area contributed by atoms with Crippen LogP contribution in [0.5, 0.6) is 17.2 Å². The van der Waals surface area contributed by atoms with Crippen LogP contribution < -0.4 is 0 Å². The van der Waals surface area contributed by atoms with Gasteiger partial charge in [-0.1, -0.05) is 62.4 Å². The Morgan fingerprint density at radius 1 is 0.571 bits per heavy atom. The van der Waals surface area contributed by atoms with Gasteiger partial charge in [-0.25, -0.2) is 0 Å². The third kappa shape index (κ3) is 4.29. The van der Waals surface area contributed by atoms with Crippen molar-refractivity contribution >= 4 is 0 Å². The molecule has 0 saturated heterocycles. The van der Waals surface area contributed by atoms with Gasteiger partial charge < -0.3 is 15.3 Å². The summed E-state index contributed by atoms with van der Waals surface area (Å²) in [6, 6.07) is 28.4. The Morgan fingerprint density at radius 3 is 1.43 bits per heavy atom. The molecule has 0 aliphatic carbocycles. The van der Waals surface area contributed by atoms with E-state index in [-0.39, 0.29) is 22.7 Å². The van der Waals surface area contributed by atoms with Gasteiger partial charge in [0.15, 0.2) is 0 Å². The van der Waals surface area contributed by atoms with Gasteiger partial charge in [0, 0.05) is 11.2 Å². The minimum absolute atomic E-state index is 0. The summed E-state index contributed by atoms with van der Waals surface area (Å²) in [5, 5.41) is 29.9. The summed E-state index contributed by atoms with van der Waals surface area (Å²) in [6.45, 7) is 10.3. The summed E-state index contributed by atoms with van der Waals surface area (Å²) in [6.07, 6.45) is 0. The zero-order valence-electron chi connectivity index (χ0n) is 20.7. The molecule has 4 aromatic carbocycles. The molecule has 3 nitrogen and oxygen atoms in total. The summed E-state index contributed by atoms with van der Waals surface area (Å²) in [5.74, 6) is 0.686. The summed E-state index contributed by atoms with van der Waals surface area (Å²) >= 11 is 0. The molecule has 4 aromatic rings. The molecule has 0 heterocycles. The van der Waals surface area contributed by atoms with Crippen LogP contribution in [0.3, 0.4) is 0 Å². The molecule has 0 aromatic heterocycles. The van der Waals surface area contributed by atoms with E-state index in [1.54, 1.807) is 18.2 Å². The van der Waals surface area contributed by atoms with Crippen LogP contribution in [-0.2, 0) is 10.8 Å². The van der Waals surface area contributed by atoms with E-state index >= 15 is 0 Å². The fraction of sp³-hybridized carbons (Fsp3) is 0.226. The number of hydrogen-bond acceptors (Lipinski definition) is 3. The van der Waals surface area contributed by atoms with E-state index in [0.717, 1.165) is 38.9 Å². The maximum Gasteiger partial charge on any atom is 0.118 e. The first-order valence-corrected chi connectivity index (χ1v) is 11.5. The SMILES string of the molecule is Cc1cc(C(C)(c2ccc(C(C)(C)c3c[c-]c(O)cc3)cc2)c2ccc(O)c(C)c2)ccc1O.[Cf]. The minimum atomic E-state index is -0.494. The number of aromatic hydroxyl groups is 3. The van der Waals surface area contributed by atoms with Crippen LogP contribution in [-0.4, -0.2) is 15.3 Å². The zero-order chi connectivity index (χ0) is 24.7. The first-order valence-electron chi connectivity index (χ1n) is 11.5. The van der Waals surface area contributed by atoms with Crippen LogP contribution in [0, 0.1) is 19.9 Å². The van der Waals surface area contributed by atoms with E-state index in [2.05, 4.69) is 51.1 Å². The second-order valence-electron chi connectivity index (χ2n) is 9.79. The molecule has 0 unspecified atom stereocenters. The number of phenols is 3. The van der Waals surface area contributed by atoms with Crippen molar-refractivity contribution in [3.63, 3.8) is 0 Å². The van der Waals surface area contributed by atoms with Gasteiger partial charge in [0.05, 0.1) is 0 Å². The zero-order valence-corrected chi connectivity index (χ0v) is 23.3. The quantitative estimate of drug-likeness (QED) is 0.157. The molecular weight excluding hydrogens is 671 g/mol. The van der Waals surface area contributed by atoms with E-state index in [1.807, 2.05) is 50.2 Å². The van der Waals surface area contributed by atoms with Crippen LogP contribution in [0.1, 0.15) is 59.7 Å². The maximum absolute atomic E-state index is 10.1. The topological polar surface area (TPSA) is 60.7 Å². The fourth-order valence-electron chi connectivity index (χ4n) is 4.63. The molecular formula is C31H31CfO3-. The van der Waals surface area contributed by atoms with Crippen LogP contribution in [0.15, 0.2) is 78.9 Å². The fourth-order valence-corrected chi connectivity index (χ4v) is 4.63. The molecule has 4 heteroatoms. The third-order valence-electron chi connectivity index (χ3n) is 7.25. The van der Waals surface area contributed by atoms with Crippen LogP contribution in [0.4, 0.5) is 0 Å². The Bertz CT molecular complexity index is 1270. The predicted molar refractivity (Wildman–Crippen MR) is 137 cm³/mol. The van der Waals surface area contributed by atoms with Crippen LogP contribution in [0.25, 0.3) is 0 Å². The Balaban J connectivity index is 0.00000342. The summed E-state index contributed by atoms with van der Waals surface area (Å²) in [4.78, 5) is 0. The van der Waals surface area contributed by atoms with Crippen molar-refractivity contribution in [2.24, 2.45) is 0 Å². The molecule has 35 heavy (non-hydrogen) atoms. The van der Waals surface area contributed by atoms with Gasteiger partial charge in [0.25, 0.3) is 0 Å². The van der Waals surface area contributed by atoms with Gasteiger partial charge in [-0.15, -0.1) is 17.7 Å². The van der Waals surface area contributed by atoms with Gasteiger partial charge in [0.1, 0.15) is 11.5 Å². The molecule has 0 amide bonds. The molecule has 0 atom stereocenters. The smallest absolute Gasteiger partial charge is 0.118 e. The second-order valence-corrected chi connectivity index (χ2v) is 9.79. The van der Waals surface area contributed by atoms with E-state index in [0.29, 0.717) is 0 Å². The van der Waals surface area contributed by atoms with Gasteiger partial charge >= 0.3 is 0 Å². The van der Waals surface area contributed by atoms with Crippen molar-refractivity contribution in [2.45, 2.75) is 45.4 Å². The van der Waals surface area contributed by atoms with Gasteiger partial charge in [-0.05, 0) is 71.7 Å². The molecule has 0 aliphatic heterocycles. The summed E-state index contributed by atoms with van der Waals surface area (Å²) in [7, 11) is 0. The molecule has 184 valence electrons. The Kier molecular flexibility index (Phi) is 6.34. The van der Waals surface area contributed by atoms with Gasteiger partial charge in [-0.2, -0.15) is 12.1 Å².